The zero-order valence-corrected chi connectivity index (χ0v) is 11.0. The van der Waals surface area contributed by atoms with Gasteiger partial charge in [-0.1, -0.05) is 6.92 Å². The van der Waals surface area contributed by atoms with Crippen molar-refractivity contribution in [2.75, 3.05) is 11.9 Å². The summed E-state index contributed by atoms with van der Waals surface area (Å²) in [5.74, 6) is 1.65. The van der Waals surface area contributed by atoms with E-state index in [2.05, 4.69) is 10.3 Å². The van der Waals surface area contributed by atoms with Crippen LogP contribution >= 0.6 is 0 Å². The normalized spacial score (nSPS) is 14.5. The Labute approximate surface area is 103 Å². The predicted octanol–water partition coefficient (Wildman–Crippen LogP) is 2.30. The average Bonchev–Trinajstić information content (AvgIpc) is 2.29. The fourth-order valence-electron chi connectivity index (χ4n) is 1.36. The molecule has 0 amide bonds. The minimum absolute atomic E-state index is 0.116. The summed E-state index contributed by atoms with van der Waals surface area (Å²) in [6, 6.07) is 3.89. The Balaban J connectivity index is 2.76. The highest BCUT2D eigenvalue weighted by Crippen LogP contribution is 2.23. The van der Waals surface area contributed by atoms with Gasteiger partial charge in [-0.3, -0.25) is 0 Å². The smallest absolute Gasteiger partial charge is 0.168 e. The van der Waals surface area contributed by atoms with E-state index in [0.29, 0.717) is 0 Å². The number of hydrogen-bond donors (Lipinski definition) is 2. The Kier molecular flexibility index (Phi) is 5.22. The van der Waals surface area contributed by atoms with Crippen molar-refractivity contribution in [3.05, 3.63) is 18.3 Å². The molecule has 0 radical (unpaired) electrons. The van der Waals surface area contributed by atoms with Gasteiger partial charge in [0, 0.05) is 18.8 Å². The molecule has 4 heteroatoms. The molecule has 1 heterocycles. The van der Waals surface area contributed by atoms with Crippen molar-refractivity contribution in [1.82, 2.24) is 4.98 Å². The maximum absolute atomic E-state index is 9.11. The van der Waals surface area contributed by atoms with Crippen LogP contribution in [0.3, 0.4) is 0 Å². The third-order valence-electron chi connectivity index (χ3n) is 2.64. The molecule has 1 aromatic heterocycles. The Morgan fingerprint density at radius 2 is 2.06 bits per heavy atom. The Morgan fingerprint density at radius 1 is 1.35 bits per heavy atom. The first-order valence-corrected chi connectivity index (χ1v) is 6.03. The second-order valence-corrected chi connectivity index (χ2v) is 4.61. The summed E-state index contributed by atoms with van der Waals surface area (Å²) >= 11 is 0. The molecule has 0 saturated heterocycles. The van der Waals surface area contributed by atoms with Gasteiger partial charge in [0.15, 0.2) is 11.6 Å². The van der Waals surface area contributed by atoms with Crippen molar-refractivity contribution >= 4 is 5.82 Å². The van der Waals surface area contributed by atoms with Crippen LogP contribution in [0.1, 0.15) is 27.7 Å². The van der Waals surface area contributed by atoms with Crippen LogP contribution in [0.2, 0.25) is 0 Å². The van der Waals surface area contributed by atoms with Crippen LogP contribution in [0.5, 0.6) is 5.75 Å². The summed E-state index contributed by atoms with van der Waals surface area (Å²) in [7, 11) is 0. The summed E-state index contributed by atoms with van der Waals surface area (Å²) in [4.78, 5) is 4.27. The standard InChI is InChI=1S/C13H22N2O2/c1-9(2)17-12-6-5-7-14-13(12)15-11(4)10(3)8-16/h5-7,9-11,16H,8H2,1-4H3,(H,14,15). The van der Waals surface area contributed by atoms with Crippen LogP contribution in [0, 0.1) is 5.92 Å². The van der Waals surface area contributed by atoms with Gasteiger partial charge in [-0.15, -0.1) is 0 Å². The van der Waals surface area contributed by atoms with Crippen LogP contribution < -0.4 is 10.1 Å². The third kappa shape index (κ3) is 4.23. The molecule has 0 aliphatic carbocycles. The molecule has 96 valence electrons. The van der Waals surface area contributed by atoms with Gasteiger partial charge >= 0.3 is 0 Å². The van der Waals surface area contributed by atoms with Crippen molar-refractivity contribution in [2.45, 2.75) is 39.8 Å². The number of hydrogen-bond acceptors (Lipinski definition) is 4. The molecule has 2 N–H and O–H groups in total. The van der Waals surface area contributed by atoms with E-state index in [0.717, 1.165) is 11.6 Å². The molecular formula is C13H22N2O2. The van der Waals surface area contributed by atoms with Crippen molar-refractivity contribution in [1.29, 1.82) is 0 Å². The second-order valence-electron chi connectivity index (χ2n) is 4.61. The molecule has 0 aliphatic rings. The summed E-state index contributed by atoms with van der Waals surface area (Å²) in [5.41, 5.74) is 0. The molecule has 0 aromatic carbocycles. The van der Waals surface area contributed by atoms with E-state index < -0.39 is 0 Å². The molecule has 0 aliphatic heterocycles. The van der Waals surface area contributed by atoms with Crippen molar-refractivity contribution < 1.29 is 9.84 Å². The molecule has 17 heavy (non-hydrogen) atoms. The van der Waals surface area contributed by atoms with E-state index in [4.69, 9.17) is 9.84 Å². The molecule has 4 nitrogen and oxygen atoms in total. The van der Waals surface area contributed by atoms with E-state index in [-0.39, 0.29) is 24.7 Å². The van der Waals surface area contributed by atoms with E-state index in [1.165, 1.54) is 0 Å². The first-order valence-electron chi connectivity index (χ1n) is 6.03. The lowest BCUT2D eigenvalue weighted by molar-refractivity contribution is 0.224. The molecule has 0 bridgehead atoms. The van der Waals surface area contributed by atoms with Crippen LogP contribution in [-0.4, -0.2) is 28.8 Å². The van der Waals surface area contributed by atoms with Crippen LogP contribution in [0.25, 0.3) is 0 Å². The Hall–Kier alpha value is -1.29. The Bertz CT molecular complexity index is 342. The average molecular weight is 238 g/mol. The van der Waals surface area contributed by atoms with Crippen molar-refractivity contribution in [2.24, 2.45) is 5.92 Å². The highest BCUT2D eigenvalue weighted by molar-refractivity contribution is 5.50. The lowest BCUT2D eigenvalue weighted by Gasteiger charge is -2.22. The lowest BCUT2D eigenvalue weighted by Crippen LogP contribution is -2.27. The molecule has 1 aromatic rings. The minimum Gasteiger partial charge on any atom is -0.487 e. The van der Waals surface area contributed by atoms with E-state index in [1.807, 2.05) is 39.8 Å². The molecule has 2 unspecified atom stereocenters. The summed E-state index contributed by atoms with van der Waals surface area (Å²) < 4.78 is 5.67. The molecule has 0 saturated carbocycles. The SMILES string of the molecule is CC(C)Oc1cccnc1NC(C)C(C)CO. The fourth-order valence-corrected chi connectivity index (χ4v) is 1.36. The number of nitrogens with zero attached hydrogens (tertiary/aromatic N) is 1. The number of aliphatic hydroxyl groups is 1. The Morgan fingerprint density at radius 3 is 2.65 bits per heavy atom. The number of pyridine rings is 1. The number of aromatic nitrogens is 1. The van der Waals surface area contributed by atoms with Gasteiger partial charge in [0.05, 0.1) is 6.10 Å². The topological polar surface area (TPSA) is 54.4 Å². The van der Waals surface area contributed by atoms with E-state index in [9.17, 15) is 0 Å². The van der Waals surface area contributed by atoms with Gasteiger partial charge in [0.2, 0.25) is 0 Å². The zero-order valence-electron chi connectivity index (χ0n) is 11.0. The highest BCUT2D eigenvalue weighted by Gasteiger charge is 2.14. The zero-order chi connectivity index (χ0) is 12.8. The fraction of sp³-hybridized carbons (Fsp3) is 0.615. The first kappa shape index (κ1) is 13.8. The third-order valence-corrected chi connectivity index (χ3v) is 2.64. The highest BCUT2D eigenvalue weighted by atomic mass is 16.5. The second kappa shape index (κ2) is 6.45. The summed E-state index contributed by atoms with van der Waals surface area (Å²) in [6.45, 7) is 8.13. The number of ether oxygens (including phenoxy) is 1. The van der Waals surface area contributed by atoms with Gasteiger partial charge < -0.3 is 15.2 Å². The molecule has 0 spiro atoms. The van der Waals surface area contributed by atoms with Gasteiger partial charge in [-0.2, -0.15) is 0 Å². The monoisotopic (exact) mass is 238 g/mol. The van der Waals surface area contributed by atoms with Crippen LogP contribution in [0.15, 0.2) is 18.3 Å². The lowest BCUT2D eigenvalue weighted by atomic mass is 10.1. The van der Waals surface area contributed by atoms with E-state index in [1.54, 1.807) is 6.20 Å². The summed E-state index contributed by atoms with van der Waals surface area (Å²) in [6.07, 6.45) is 1.84. The van der Waals surface area contributed by atoms with Gasteiger partial charge in [-0.25, -0.2) is 4.98 Å². The van der Waals surface area contributed by atoms with Gasteiger partial charge in [0.25, 0.3) is 0 Å². The molecule has 2 atom stereocenters. The quantitative estimate of drug-likeness (QED) is 0.798. The van der Waals surface area contributed by atoms with Gasteiger partial charge in [-0.05, 0) is 38.8 Å². The first-order chi connectivity index (χ1) is 8.04. The maximum atomic E-state index is 9.11. The predicted molar refractivity (Wildman–Crippen MR) is 69.3 cm³/mol. The molecule has 1 rings (SSSR count). The molecule has 0 fully saturated rings. The minimum atomic E-state index is 0.116. The maximum Gasteiger partial charge on any atom is 0.168 e. The van der Waals surface area contributed by atoms with Gasteiger partial charge in [0.1, 0.15) is 0 Å². The number of nitrogens with one attached hydrogen (secondary N) is 1. The van der Waals surface area contributed by atoms with E-state index >= 15 is 0 Å². The van der Waals surface area contributed by atoms with Crippen LogP contribution in [-0.2, 0) is 0 Å². The largest absolute Gasteiger partial charge is 0.487 e. The molecular weight excluding hydrogens is 216 g/mol. The number of anilines is 1. The van der Waals surface area contributed by atoms with Crippen LogP contribution in [0.4, 0.5) is 5.82 Å². The number of aliphatic hydroxyl groups excluding tert-OH is 1. The number of rotatable bonds is 6. The van der Waals surface area contributed by atoms with Crippen molar-refractivity contribution in [3.8, 4) is 5.75 Å². The summed E-state index contributed by atoms with van der Waals surface area (Å²) in [5, 5.41) is 12.4. The van der Waals surface area contributed by atoms with Crippen molar-refractivity contribution in [3.63, 3.8) is 0 Å².